The average Bonchev–Trinajstić information content (AvgIpc) is 2.59. The van der Waals surface area contributed by atoms with Gasteiger partial charge in [0, 0.05) is 12.1 Å². The zero-order valence-corrected chi connectivity index (χ0v) is 11.7. The Bertz CT molecular complexity index is 297. The van der Waals surface area contributed by atoms with E-state index in [-0.39, 0.29) is 18.2 Å². The number of hydrogen-bond acceptors (Lipinski definition) is 2. The highest BCUT2D eigenvalue weighted by molar-refractivity contribution is 5.68. The Labute approximate surface area is 105 Å². The molecule has 0 atom stereocenters. The van der Waals surface area contributed by atoms with Crippen LogP contribution in [0.5, 0.6) is 0 Å². The number of ether oxygens (including phenoxy) is 1. The minimum Gasteiger partial charge on any atom is -0.445 e. The van der Waals surface area contributed by atoms with Crippen LogP contribution in [0.25, 0.3) is 0 Å². The van der Waals surface area contributed by atoms with Gasteiger partial charge in [-0.05, 0) is 59.5 Å². The van der Waals surface area contributed by atoms with Gasteiger partial charge in [0.25, 0.3) is 0 Å². The van der Waals surface area contributed by atoms with Gasteiger partial charge in [-0.2, -0.15) is 0 Å². The molecule has 1 aliphatic rings. The monoisotopic (exact) mass is 239 g/mol. The van der Waals surface area contributed by atoms with Gasteiger partial charge < -0.3 is 9.64 Å². The second kappa shape index (κ2) is 6.08. The van der Waals surface area contributed by atoms with Crippen molar-refractivity contribution < 1.29 is 9.53 Å². The zero-order chi connectivity index (χ0) is 13.0. The highest BCUT2D eigenvalue weighted by Gasteiger charge is 2.22. The summed E-state index contributed by atoms with van der Waals surface area (Å²) in [6, 6.07) is 0.363. The fourth-order valence-corrected chi connectivity index (χ4v) is 2.39. The van der Waals surface area contributed by atoms with Crippen molar-refractivity contribution in [3.8, 4) is 0 Å². The van der Waals surface area contributed by atoms with Crippen LogP contribution in [0.2, 0.25) is 0 Å². The van der Waals surface area contributed by atoms with E-state index in [1.54, 1.807) is 4.90 Å². The van der Waals surface area contributed by atoms with Crippen molar-refractivity contribution in [2.24, 2.45) is 0 Å². The zero-order valence-electron chi connectivity index (χ0n) is 11.7. The predicted molar refractivity (Wildman–Crippen MR) is 70.0 cm³/mol. The molecule has 0 aromatic rings. The minimum atomic E-state index is -0.192. The highest BCUT2D eigenvalue weighted by atomic mass is 16.6. The molecule has 3 heteroatoms. The van der Waals surface area contributed by atoms with Gasteiger partial charge in [0.2, 0.25) is 0 Å². The van der Waals surface area contributed by atoms with E-state index in [2.05, 4.69) is 6.92 Å². The predicted octanol–water partition coefficient (Wildman–Crippen LogP) is 3.74. The number of allylic oxidation sites excluding steroid dienone is 1. The Balaban J connectivity index is 2.51. The topological polar surface area (TPSA) is 29.5 Å². The summed E-state index contributed by atoms with van der Waals surface area (Å²) in [6.45, 7) is 10.7. The molecule has 0 aromatic heterocycles. The first-order chi connectivity index (χ1) is 7.93. The molecule has 0 heterocycles. The fourth-order valence-electron chi connectivity index (χ4n) is 2.39. The Morgan fingerprint density at radius 3 is 2.24 bits per heavy atom. The van der Waals surface area contributed by atoms with Gasteiger partial charge in [0.15, 0.2) is 0 Å². The Morgan fingerprint density at radius 1 is 1.24 bits per heavy atom. The van der Waals surface area contributed by atoms with Crippen molar-refractivity contribution in [2.75, 3.05) is 6.61 Å². The van der Waals surface area contributed by atoms with Crippen LogP contribution in [0.3, 0.4) is 0 Å². The maximum atomic E-state index is 12.0. The van der Waals surface area contributed by atoms with Crippen LogP contribution in [0.4, 0.5) is 4.79 Å². The number of hydrogen-bond donors (Lipinski definition) is 0. The average molecular weight is 239 g/mol. The molecular formula is C14H25NO2. The third-order valence-electron chi connectivity index (χ3n) is 3.33. The van der Waals surface area contributed by atoms with Crippen molar-refractivity contribution in [2.45, 2.75) is 66.0 Å². The lowest BCUT2D eigenvalue weighted by Gasteiger charge is -2.29. The van der Waals surface area contributed by atoms with E-state index in [9.17, 15) is 4.79 Å². The summed E-state index contributed by atoms with van der Waals surface area (Å²) in [7, 11) is 0. The van der Waals surface area contributed by atoms with Crippen LogP contribution in [-0.4, -0.2) is 29.7 Å². The summed E-state index contributed by atoms with van der Waals surface area (Å²) in [5.41, 5.74) is 2.71. The van der Waals surface area contributed by atoms with E-state index >= 15 is 0 Å². The van der Waals surface area contributed by atoms with Crippen molar-refractivity contribution >= 4 is 6.09 Å². The van der Waals surface area contributed by atoms with Gasteiger partial charge >= 0.3 is 6.09 Å². The Kier molecular flexibility index (Phi) is 5.03. The molecule has 1 amide bonds. The number of rotatable bonds is 4. The van der Waals surface area contributed by atoms with Crippen LogP contribution < -0.4 is 0 Å². The summed E-state index contributed by atoms with van der Waals surface area (Å²) >= 11 is 0. The summed E-state index contributed by atoms with van der Waals surface area (Å²) in [4.78, 5) is 13.8. The number of nitrogens with zero attached hydrogens (tertiary/aromatic N) is 1. The fraction of sp³-hybridized carbons (Fsp3) is 0.786. The molecule has 0 spiro atoms. The van der Waals surface area contributed by atoms with E-state index in [1.807, 2.05) is 27.7 Å². The molecule has 1 rings (SSSR count). The largest absolute Gasteiger partial charge is 0.445 e. The molecule has 0 radical (unpaired) electrons. The maximum Gasteiger partial charge on any atom is 0.410 e. The lowest BCUT2D eigenvalue weighted by Crippen LogP contribution is -2.42. The standard InChI is InChI=1S/C14H25NO2/c1-10(2)15(11(3)4)14(16)17-9-13-8-6-7-12(13)5/h10-11H,6-9H2,1-5H3. The molecule has 17 heavy (non-hydrogen) atoms. The number of amides is 1. The first-order valence-corrected chi connectivity index (χ1v) is 6.56. The quantitative estimate of drug-likeness (QED) is 0.699. The second-order valence-corrected chi connectivity index (χ2v) is 5.39. The first-order valence-electron chi connectivity index (χ1n) is 6.56. The number of carbonyl (C=O) groups excluding carboxylic acids is 1. The van der Waals surface area contributed by atoms with Gasteiger partial charge in [-0.15, -0.1) is 0 Å². The Morgan fingerprint density at radius 2 is 1.82 bits per heavy atom. The lowest BCUT2D eigenvalue weighted by atomic mass is 10.2. The van der Waals surface area contributed by atoms with E-state index in [1.165, 1.54) is 17.6 Å². The van der Waals surface area contributed by atoms with Gasteiger partial charge in [0.05, 0.1) is 0 Å². The van der Waals surface area contributed by atoms with Gasteiger partial charge in [-0.3, -0.25) is 0 Å². The molecule has 0 aromatic carbocycles. The van der Waals surface area contributed by atoms with Crippen molar-refractivity contribution in [1.29, 1.82) is 0 Å². The first kappa shape index (κ1) is 14.1. The van der Waals surface area contributed by atoms with Crippen LogP contribution in [-0.2, 0) is 4.74 Å². The third-order valence-corrected chi connectivity index (χ3v) is 3.33. The minimum absolute atomic E-state index is 0.182. The lowest BCUT2D eigenvalue weighted by molar-refractivity contribution is 0.0853. The van der Waals surface area contributed by atoms with E-state index < -0.39 is 0 Å². The molecule has 98 valence electrons. The molecular weight excluding hydrogens is 214 g/mol. The summed E-state index contributed by atoms with van der Waals surface area (Å²) in [5.74, 6) is 0. The summed E-state index contributed by atoms with van der Waals surface area (Å²) < 4.78 is 5.41. The SMILES string of the molecule is CC1=C(COC(=O)N(C(C)C)C(C)C)CCC1. The van der Waals surface area contributed by atoms with Crippen LogP contribution >= 0.6 is 0 Å². The molecule has 0 saturated carbocycles. The van der Waals surface area contributed by atoms with Gasteiger partial charge in [-0.1, -0.05) is 5.57 Å². The van der Waals surface area contributed by atoms with Crippen molar-refractivity contribution in [1.82, 2.24) is 4.90 Å². The van der Waals surface area contributed by atoms with Crippen LogP contribution in [0, 0.1) is 0 Å². The molecule has 3 nitrogen and oxygen atoms in total. The molecule has 0 bridgehead atoms. The van der Waals surface area contributed by atoms with Gasteiger partial charge in [-0.25, -0.2) is 4.79 Å². The molecule has 0 unspecified atom stereocenters. The van der Waals surface area contributed by atoms with E-state index in [0.717, 1.165) is 12.8 Å². The van der Waals surface area contributed by atoms with Gasteiger partial charge in [0.1, 0.15) is 6.61 Å². The summed E-state index contributed by atoms with van der Waals surface area (Å²) in [5, 5.41) is 0. The smallest absolute Gasteiger partial charge is 0.410 e. The normalized spacial score (nSPS) is 15.9. The van der Waals surface area contributed by atoms with Crippen molar-refractivity contribution in [3.05, 3.63) is 11.1 Å². The third kappa shape index (κ3) is 3.76. The van der Waals surface area contributed by atoms with Crippen molar-refractivity contribution in [3.63, 3.8) is 0 Å². The van der Waals surface area contributed by atoms with Crippen LogP contribution in [0.1, 0.15) is 53.9 Å². The van der Waals surface area contributed by atoms with E-state index in [4.69, 9.17) is 4.74 Å². The highest BCUT2D eigenvalue weighted by Crippen LogP contribution is 2.25. The summed E-state index contributed by atoms with van der Waals surface area (Å²) in [6.07, 6.45) is 3.26. The molecule has 1 aliphatic carbocycles. The maximum absolute atomic E-state index is 12.0. The molecule has 0 fully saturated rings. The molecule has 0 N–H and O–H groups in total. The second-order valence-electron chi connectivity index (χ2n) is 5.39. The Hall–Kier alpha value is -0.990. The van der Waals surface area contributed by atoms with Crippen LogP contribution in [0.15, 0.2) is 11.1 Å². The molecule has 0 saturated heterocycles. The number of carbonyl (C=O) groups is 1. The molecule has 0 aliphatic heterocycles. The van der Waals surface area contributed by atoms with E-state index in [0.29, 0.717) is 6.61 Å².